The summed E-state index contributed by atoms with van der Waals surface area (Å²) in [5, 5.41) is 0. The van der Waals surface area contributed by atoms with Gasteiger partial charge in [-0.1, -0.05) is 0 Å². The Morgan fingerprint density at radius 2 is 1.75 bits per heavy atom. The van der Waals surface area contributed by atoms with E-state index in [2.05, 4.69) is 3.07 Å². The minimum atomic E-state index is -4.27. The first-order valence-corrected chi connectivity index (χ1v) is 4.52. The monoisotopic (exact) mass is 290 g/mol. The summed E-state index contributed by atoms with van der Waals surface area (Å²) in [4.78, 5) is 1.49. The normalized spacial score (nSPS) is 18.0. The average molecular weight is 289 g/mol. The molecule has 0 rings (SSSR count). The van der Waals surface area contributed by atoms with Crippen LogP contribution in [0.15, 0.2) is 0 Å². The summed E-state index contributed by atoms with van der Waals surface area (Å²) in [5.74, 6) is 0. The summed E-state index contributed by atoms with van der Waals surface area (Å²) < 4.78 is 41.0. The molecule has 0 fully saturated rings. The van der Waals surface area contributed by atoms with Crippen molar-refractivity contribution in [1.29, 1.82) is 0 Å². The van der Waals surface area contributed by atoms with Crippen LogP contribution in [0.3, 0.4) is 0 Å². The van der Waals surface area contributed by atoms with Crippen molar-refractivity contribution in [2.24, 2.45) is 0 Å². The molecule has 0 bridgehead atoms. The molecule has 2 unspecified atom stereocenters. The van der Waals surface area contributed by atoms with E-state index in [4.69, 9.17) is 0 Å². The predicted octanol–water partition coefficient (Wildman–Crippen LogP) is 0.968. The second kappa shape index (κ2) is 4.66. The van der Waals surface area contributed by atoms with Crippen molar-refractivity contribution < 1.29 is 16.2 Å². The Labute approximate surface area is 83.7 Å². The molecule has 0 heterocycles. The maximum atomic E-state index is 12.2. The van der Waals surface area contributed by atoms with E-state index < -0.39 is 18.3 Å². The molecule has 2 atom stereocenters. The Morgan fingerprint density at radius 3 is 1.83 bits per heavy atom. The van der Waals surface area contributed by atoms with Crippen LogP contribution in [0.25, 0.3) is 0 Å². The zero-order valence-electron chi connectivity index (χ0n) is 7.14. The van der Waals surface area contributed by atoms with Crippen LogP contribution in [0.5, 0.6) is 0 Å². The van der Waals surface area contributed by atoms with Gasteiger partial charge >= 0.3 is 83.4 Å². The zero-order valence-corrected chi connectivity index (χ0v) is 10.00. The Bertz CT molecular complexity index is 139. The van der Waals surface area contributed by atoms with Crippen LogP contribution in [0.4, 0.5) is 13.2 Å². The molecule has 0 aromatic carbocycles. The van der Waals surface area contributed by atoms with Crippen LogP contribution in [-0.4, -0.2) is 60.3 Å². The van der Waals surface area contributed by atoms with Crippen LogP contribution in [-0.2, 0) is 3.07 Å². The summed E-state index contributed by atoms with van der Waals surface area (Å²) in [6.07, 6.45) is -5.95. The molecule has 0 saturated carbocycles. The zero-order chi connectivity index (χ0) is 9.94. The maximum absolute atomic E-state index is 12.2. The quantitative estimate of drug-likeness (QED) is 0.718. The van der Waals surface area contributed by atoms with Crippen molar-refractivity contribution in [3.8, 4) is 0 Å². The predicted molar refractivity (Wildman–Crippen MR) is 39.8 cm³/mol. The van der Waals surface area contributed by atoms with Gasteiger partial charge in [0.25, 0.3) is 0 Å². The topological polar surface area (TPSA) is 12.5 Å². The van der Waals surface area contributed by atoms with Gasteiger partial charge in [0.1, 0.15) is 0 Å². The fourth-order valence-corrected chi connectivity index (χ4v) is 1.65. The molecule has 0 aromatic heterocycles. The number of alkyl halides is 3. The summed E-state index contributed by atoms with van der Waals surface area (Å²) >= 11 is 0.441. The van der Waals surface area contributed by atoms with Crippen molar-refractivity contribution >= 4 is 22.9 Å². The molecule has 12 heavy (non-hydrogen) atoms. The van der Waals surface area contributed by atoms with Crippen LogP contribution >= 0.6 is 0 Å². The van der Waals surface area contributed by atoms with Crippen molar-refractivity contribution in [2.75, 3.05) is 14.1 Å². The van der Waals surface area contributed by atoms with Crippen molar-refractivity contribution in [1.82, 2.24) is 4.90 Å². The van der Waals surface area contributed by atoms with Gasteiger partial charge in [0.15, 0.2) is 0 Å². The number of hydrogen-bond acceptors (Lipinski definition) is 2. The molecule has 0 aliphatic rings. The molecule has 71 valence electrons. The Balaban J connectivity index is 4.35. The second-order valence-corrected chi connectivity index (χ2v) is 3.46. The second-order valence-electron chi connectivity index (χ2n) is 2.78. The molecule has 0 N–H and O–H groups in total. The fourth-order valence-electron chi connectivity index (χ4n) is 0.710. The van der Waals surface area contributed by atoms with Gasteiger partial charge in [-0.05, 0) is 0 Å². The number of nitrogens with zero attached hydrogens (tertiary/aromatic N) is 1. The van der Waals surface area contributed by atoms with E-state index in [0.717, 1.165) is 0 Å². The molecule has 0 aliphatic carbocycles. The summed E-state index contributed by atoms with van der Waals surface area (Å²) in [6.45, 7) is 1.49. The number of halogens is 3. The van der Waals surface area contributed by atoms with E-state index in [1.54, 1.807) is 14.1 Å². The third-order valence-electron chi connectivity index (χ3n) is 1.70. The standard InChI is InChI=1S/C6H11F3NO.Sn/c1-4(10(2)3)5(11)6(7,8)9;/h4-5H,1-3H3;/q-1;+1. The van der Waals surface area contributed by atoms with Crippen molar-refractivity contribution in [3.63, 3.8) is 0 Å². The molecule has 0 aromatic rings. The Kier molecular flexibility index (Phi) is 4.86. The van der Waals surface area contributed by atoms with Gasteiger partial charge in [0.2, 0.25) is 0 Å². The molecule has 0 amide bonds. The van der Waals surface area contributed by atoms with E-state index in [0.29, 0.717) is 22.9 Å². The number of rotatable bonds is 3. The minimum absolute atomic E-state index is 0.441. The fraction of sp³-hybridized carbons (Fsp3) is 1.00. The van der Waals surface area contributed by atoms with Gasteiger partial charge < -0.3 is 0 Å². The number of hydrogen-bond donors (Lipinski definition) is 0. The van der Waals surface area contributed by atoms with E-state index in [9.17, 15) is 13.2 Å². The van der Waals surface area contributed by atoms with E-state index in [1.807, 2.05) is 0 Å². The average Bonchev–Trinajstić information content (AvgIpc) is 1.85. The van der Waals surface area contributed by atoms with Gasteiger partial charge in [-0.2, -0.15) is 0 Å². The van der Waals surface area contributed by atoms with Crippen molar-refractivity contribution in [3.05, 3.63) is 0 Å². The van der Waals surface area contributed by atoms with Gasteiger partial charge in [-0.3, -0.25) is 0 Å². The third-order valence-corrected chi connectivity index (χ3v) is 2.43. The molecule has 6 heteroatoms. The van der Waals surface area contributed by atoms with Gasteiger partial charge in [-0.25, -0.2) is 0 Å². The Morgan fingerprint density at radius 1 is 1.33 bits per heavy atom. The molecular weight excluding hydrogens is 278 g/mol. The molecular formula is C6H11F3NOSn. The molecule has 0 aliphatic heterocycles. The van der Waals surface area contributed by atoms with Gasteiger partial charge in [0.05, 0.1) is 0 Å². The molecule has 3 radical (unpaired) electrons. The van der Waals surface area contributed by atoms with Crippen LogP contribution in [0, 0.1) is 0 Å². The molecule has 0 spiro atoms. The third kappa shape index (κ3) is 3.49. The summed E-state index contributed by atoms with van der Waals surface area (Å²) in [7, 11) is 3.19. The first kappa shape index (κ1) is 12.5. The SMILES string of the molecule is CC(C([O][Sn])C(F)(F)F)N(C)C. The summed E-state index contributed by atoms with van der Waals surface area (Å²) in [5.41, 5.74) is 0. The Hall–Kier alpha value is 0.509. The van der Waals surface area contributed by atoms with Crippen LogP contribution in [0.1, 0.15) is 6.92 Å². The van der Waals surface area contributed by atoms with Crippen LogP contribution < -0.4 is 0 Å². The van der Waals surface area contributed by atoms with Gasteiger partial charge in [-0.15, -0.1) is 0 Å². The first-order valence-electron chi connectivity index (χ1n) is 3.36. The summed E-state index contributed by atoms with van der Waals surface area (Å²) in [6, 6.07) is -0.649. The number of likely N-dealkylation sites (N-methyl/N-ethyl adjacent to an activating group) is 1. The van der Waals surface area contributed by atoms with E-state index in [-0.39, 0.29) is 0 Å². The molecule has 2 nitrogen and oxygen atoms in total. The van der Waals surface area contributed by atoms with E-state index in [1.165, 1.54) is 11.8 Å². The van der Waals surface area contributed by atoms with Crippen molar-refractivity contribution in [2.45, 2.75) is 25.2 Å². The van der Waals surface area contributed by atoms with Gasteiger partial charge in [0, 0.05) is 0 Å². The first-order chi connectivity index (χ1) is 5.30. The molecule has 0 saturated heterocycles. The van der Waals surface area contributed by atoms with Crippen LogP contribution in [0.2, 0.25) is 0 Å². The van der Waals surface area contributed by atoms with E-state index >= 15 is 0 Å².